The Labute approximate surface area is 124 Å². The molecule has 2 aromatic heterocycles. The fourth-order valence-electron chi connectivity index (χ4n) is 2.78. The minimum atomic E-state index is 0.0271. The highest BCUT2D eigenvalue weighted by Gasteiger charge is 2.28. The summed E-state index contributed by atoms with van der Waals surface area (Å²) in [5, 5.41) is 0. The zero-order valence-electron chi connectivity index (χ0n) is 12.3. The molecular weight excluding hydrogens is 266 g/mol. The maximum atomic E-state index is 12.6. The van der Waals surface area contributed by atoms with E-state index in [2.05, 4.69) is 19.4 Å². The lowest BCUT2D eigenvalue weighted by Crippen LogP contribution is -2.43. The lowest BCUT2D eigenvalue weighted by molar-refractivity contribution is 0.0663. The van der Waals surface area contributed by atoms with Crippen LogP contribution in [0.1, 0.15) is 22.1 Å². The maximum Gasteiger partial charge on any atom is 0.255 e. The summed E-state index contributed by atoms with van der Waals surface area (Å²) in [7, 11) is 4.08. The van der Waals surface area contributed by atoms with Gasteiger partial charge >= 0.3 is 0 Å². The van der Waals surface area contributed by atoms with Crippen molar-refractivity contribution in [2.45, 2.75) is 12.6 Å². The summed E-state index contributed by atoms with van der Waals surface area (Å²) < 4.78 is 2.17. The normalized spacial score (nSPS) is 17.9. The predicted molar refractivity (Wildman–Crippen MR) is 78.8 cm³/mol. The Bertz CT molecular complexity index is 622. The van der Waals surface area contributed by atoms with Gasteiger partial charge in [-0.3, -0.25) is 9.78 Å². The molecule has 0 fully saturated rings. The Morgan fingerprint density at radius 2 is 2.24 bits per heavy atom. The molecule has 0 aliphatic carbocycles. The molecule has 3 rings (SSSR count). The van der Waals surface area contributed by atoms with Gasteiger partial charge in [-0.15, -0.1) is 0 Å². The molecule has 0 radical (unpaired) electrons. The third-order valence-electron chi connectivity index (χ3n) is 3.70. The van der Waals surface area contributed by atoms with Crippen molar-refractivity contribution in [3.05, 3.63) is 48.3 Å². The first-order valence-electron chi connectivity index (χ1n) is 7.00. The maximum absolute atomic E-state index is 12.6. The van der Waals surface area contributed by atoms with Gasteiger partial charge in [-0.1, -0.05) is 0 Å². The quantitative estimate of drug-likeness (QED) is 0.845. The molecule has 3 heterocycles. The van der Waals surface area contributed by atoms with Crippen LogP contribution in [0, 0.1) is 0 Å². The smallest absolute Gasteiger partial charge is 0.255 e. The fraction of sp³-hybridized carbons (Fsp3) is 0.400. The van der Waals surface area contributed by atoms with E-state index in [1.165, 1.54) is 0 Å². The summed E-state index contributed by atoms with van der Waals surface area (Å²) in [5.41, 5.74) is 1.71. The van der Waals surface area contributed by atoms with Gasteiger partial charge in [0.2, 0.25) is 0 Å². The average molecular weight is 285 g/mol. The molecule has 110 valence electrons. The third-order valence-corrected chi connectivity index (χ3v) is 3.70. The molecule has 6 heteroatoms. The Balaban J connectivity index is 1.84. The summed E-state index contributed by atoms with van der Waals surface area (Å²) >= 11 is 0. The van der Waals surface area contributed by atoms with Crippen molar-refractivity contribution in [1.82, 2.24) is 24.3 Å². The Morgan fingerprint density at radius 3 is 2.95 bits per heavy atom. The number of amides is 1. The Morgan fingerprint density at radius 1 is 1.38 bits per heavy atom. The van der Waals surface area contributed by atoms with Gasteiger partial charge in [0.05, 0.1) is 30.2 Å². The Hall–Kier alpha value is -2.21. The first-order valence-corrected chi connectivity index (χ1v) is 7.00. The van der Waals surface area contributed by atoms with Crippen LogP contribution in [-0.4, -0.2) is 57.4 Å². The molecule has 0 aromatic carbocycles. The van der Waals surface area contributed by atoms with Gasteiger partial charge < -0.3 is 14.4 Å². The van der Waals surface area contributed by atoms with Crippen molar-refractivity contribution in [2.24, 2.45) is 0 Å². The highest BCUT2D eigenvalue weighted by atomic mass is 16.2. The van der Waals surface area contributed by atoms with Crippen LogP contribution < -0.4 is 0 Å². The number of aromatic nitrogens is 3. The molecule has 1 amide bonds. The van der Waals surface area contributed by atoms with Crippen molar-refractivity contribution < 1.29 is 4.79 Å². The number of pyridine rings is 1. The molecule has 2 aromatic rings. The zero-order valence-corrected chi connectivity index (χ0v) is 12.3. The van der Waals surface area contributed by atoms with Gasteiger partial charge in [-0.25, -0.2) is 4.98 Å². The highest BCUT2D eigenvalue weighted by molar-refractivity contribution is 5.93. The molecule has 0 N–H and O–H groups in total. The van der Waals surface area contributed by atoms with Crippen molar-refractivity contribution in [1.29, 1.82) is 0 Å². The van der Waals surface area contributed by atoms with E-state index < -0.39 is 0 Å². The average Bonchev–Trinajstić information content (AvgIpc) is 2.95. The molecule has 0 saturated carbocycles. The van der Waals surface area contributed by atoms with Crippen LogP contribution in [-0.2, 0) is 6.54 Å². The van der Waals surface area contributed by atoms with Crippen LogP contribution in [0.5, 0.6) is 0 Å². The fourth-order valence-corrected chi connectivity index (χ4v) is 2.78. The van der Waals surface area contributed by atoms with E-state index in [0.717, 1.165) is 12.2 Å². The highest BCUT2D eigenvalue weighted by Crippen LogP contribution is 2.22. The third kappa shape index (κ3) is 2.80. The molecule has 1 aliphatic rings. The van der Waals surface area contributed by atoms with Gasteiger partial charge in [0.1, 0.15) is 0 Å². The van der Waals surface area contributed by atoms with Crippen molar-refractivity contribution in [3.8, 4) is 0 Å². The summed E-state index contributed by atoms with van der Waals surface area (Å²) in [6.45, 7) is 2.16. The predicted octanol–water partition coefficient (Wildman–Crippen LogP) is 1.04. The Kier molecular flexibility index (Phi) is 3.70. The minimum absolute atomic E-state index is 0.0271. The lowest BCUT2D eigenvalue weighted by atomic mass is 10.1. The monoisotopic (exact) mass is 285 g/mol. The second-order valence-corrected chi connectivity index (χ2v) is 5.64. The van der Waals surface area contributed by atoms with Crippen LogP contribution in [0.25, 0.3) is 0 Å². The molecule has 0 bridgehead atoms. The molecular formula is C15H19N5O. The molecule has 1 aliphatic heterocycles. The first kappa shape index (κ1) is 13.8. The molecule has 1 atom stereocenters. The van der Waals surface area contributed by atoms with Crippen LogP contribution in [0.3, 0.4) is 0 Å². The number of carbonyl (C=O) groups is 1. The topological polar surface area (TPSA) is 54.3 Å². The molecule has 0 saturated heterocycles. The number of fused-ring (bicyclic) bond motifs is 1. The first-order chi connectivity index (χ1) is 10.1. The van der Waals surface area contributed by atoms with Gasteiger partial charge in [-0.05, 0) is 26.2 Å². The lowest BCUT2D eigenvalue weighted by Gasteiger charge is -2.35. The van der Waals surface area contributed by atoms with Gasteiger partial charge in [0.25, 0.3) is 5.91 Å². The van der Waals surface area contributed by atoms with E-state index in [9.17, 15) is 4.79 Å². The number of rotatable bonds is 3. The summed E-state index contributed by atoms with van der Waals surface area (Å²) in [6, 6.07) is 3.83. The number of likely N-dealkylation sites (N-methyl/N-ethyl adjacent to an activating group) is 1. The van der Waals surface area contributed by atoms with Crippen molar-refractivity contribution in [2.75, 3.05) is 27.2 Å². The van der Waals surface area contributed by atoms with Crippen molar-refractivity contribution in [3.63, 3.8) is 0 Å². The SMILES string of the molecule is CN(C)CC1CN(C(=O)c2cccnc2)Cc2cncn21. The van der Waals surface area contributed by atoms with Crippen LogP contribution >= 0.6 is 0 Å². The van der Waals surface area contributed by atoms with E-state index in [1.807, 2.05) is 37.6 Å². The summed E-state index contributed by atoms with van der Waals surface area (Å²) in [4.78, 5) is 24.9. The number of carbonyl (C=O) groups excluding carboxylic acids is 1. The second-order valence-electron chi connectivity index (χ2n) is 5.64. The number of nitrogens with zero attached hydrogens (tertiary/aromatic N) is 5. The summed E-state index contributed by atoms with van der Waals surface area (Å²) in [5.74, 6) is 0.0271. The van der Waals surface area contributed by atoms with Crippen LogP contribution in [0.4, 0.5) is 0 Å². The molecule has 6 nitrogen and oxygen atoms in total. The molecule has 1 unspecified atom stereocenters. The second kappa shape index (κ2) is 5.65. The zero-order chi connectivity index (χ0) is 14.8. The molecule has 0 spiro atoms. The number of hydrogen-bond donors (Lipinski definition) is 0. The van der Waals surface area contributed by atoms with Gasteiger partial charge in [0, 0.05) is 31.7 Å². The largest absolute Gasteiger partial charge is 0.331 e. The van der Waals surface area contributed by atoms with E-state index in [0.29, 0.717) is 18.7 Å². The summed E-state index contributed by atoms with van der Waals surface area (Å²) in [6.07, 6.45) is 6.99. The van der Waals surface area contributed by atoms with E-state index >= 15 is 0 Å². The number of hydrogen-bond acceptors (Lipinski definition) is 4. The standard InChI is InChI=1S/C15H19N5O/c1-18(2)8-14-10-19(9-13-7-17-11-20(13)14)15(21)12-4-3-5-16-6-12/h3-7,11,14H,8-10H2,1-2H3. The van der Waals surface area contributed by atoms with Crippen molar-refractivity contribution >= 4 is 5.91 Å². The van der Waals surface area contributed by atoms with E-state index in [-0.39, 0.29) is 11.9 Å². The van der Waals surface area contributed by atoms with E-state index in [4.69, 9.17) is 0 Å². The number of imidazole rings is 1. The van der Waals surface area contributed by atoms with E-state index in [1.54, 1.807) is 18.5 Å². The van der Waals surface area contributed by atoms with Gasteiger partial charge in [0.15, 0.2) is 0 Å². The van der Waals surface area contributed by atoms with Gasteiger partial charge in [-0.2, -0.15) is 0 Å². The van der Waals surface area contributed by atoms with Crippen LogP contribution in [0.2, 0.25) is 0 Å². The molecule has 21 heavy (non-hydrogen) atoms. The van der Waals surface area contributed by atoms with Crippen LogP contribution in [0.15, 0.2) is 37.1 Å². The minimum Gasteiger partial charge on any atom is -0.331 e.